The minimum absolute atomic E-state index is 0.137. The number of halogens is 2. The van der Waals surface area contributed by atoms with Gasteiger partial charge in [0.1, 0.15) is 5.69 Å². The maximum Gasteiger partial charge on any atom is 0.279 e. The summed E-state index contributed by atoms with van der Waals surface area (Å²) in [5.74, 6) is -0.501. The van der Waals surface area contributed by atoms with E-state index in [2.05, 4.69) is 15.3 Å². The number of nitrogens with zero attached hydrogens (tertiary/aromatic N) is 2. The lowest BCUT2D eigenvalue weighted by molar-refractivity contribution is 0.0705. The third-order valence-electron chi connectivity index (χ3n) is 5.35. The molecule has 0 unspecified atom stereocenters. The number of hydrogen-bond donors (Lipinski definition) is 3. The van der Waals surface area contributed by atoms with Crippen molar-refractivity contribution in [2.45, 2.75) is 13.0 Å². The van der Waals surface area contributed by atoms with Crippen molar-refractivity contribution in [1.82, 2.24) is 20.8 Å². The van der Waals surface area contributed by atoms with E-state index in [1.54, 1.807) is 17.7 Å². The molecule has 7 nitrogen and oxygen atoms in total. The standard InChI is InChI=1S/C25H22F2N4O3/c1-34-24-22(25(32)31-33)19-13-28-11-10-20(19)30-23(24)18-8-6-17(7-9-18)16-4-2-15(3-5-16)12-29-14-21(26)27/h2-11,13,21,29,33H,12,14H2,1H3,(H,31,32). The van der Waals surface area contributed by atoms with Crippen LogP contribution in [0.3, 0.4) is 0 Å². The monoisotopic (exact) mass is 464 g/mol. The third kappa shape index (κ3) is 4.85. The molecule has 0 aliphatic carbocycles. The predicted octanol–water partition coefficient (Wildman–Crippen LogP) is 4.45. The number of alkyl halides is 2. The summed E-state index contributed by atoms with van der Waals surface area (Å²) >= 11 is 0. The molecule has 0 saturated heterocycles. The molecule has 2 heterocycles. The molecule has 0 bridgehead atoms. The summed E-state index contributed by atoms with van der Waals surface area (Å²) in [6.07, 6.45) is 0.691. The van der Waals surface area contributed by atoms with Gasteiger partial charge >= 0.3 is 0 Å². The molecule has 0 aliphatic rings. The van der Waals surface area contributed by atoms with Crippen LogP contribution in [0.25, 0.3) is 33.3 Å². The number of hydrogen-bond acceptors (Lipinski definition) is 6. The van der Waals surface area contributed by atoms with E-state index in [9.17, 15) is 18.8 Å². The SMILES string of the molecule is COc1c(-c2ccc(-c3ccc(CNCC(F)F)cc3)cc2)nc2ccncc2c1C(=O)NO. The molecule has 3 N–H and O–H groups in total. The van der Waals surface area contributed by atoms with Gasteiger partial charge in [-0.25, -0.2) is 19.2 Å². The summed E-state index contributed by atoms with van der Waals surface area (Å²) in [7, 11) is 1.43. The van der Waals surface area contributed by atoms with Crippen LogP contribution in [-0.4, -0.2) is 41.2 Å². The highest BCUT2D eigenvalue weighted by molar-refractivity contribution is 6.09. The average molecular weight is 464 g/mol. The molecule has 0 fully saturated rings. The van der Waals surface area contributed by atoms with Crippen molar-refractivity contribution in [1.29, 1.82) is 0 Å². The Hall–Kier alpha value is -3.95. The largest absolute Gasteiger partial charge is 0.494 e. The summed E-state index contributed by atoms with van der Waals surface area (Å²) in [6, 6.07) is 16.9. The molecule has 1 amide bonds. The van der Waals surface area contributed by atoms with Crippen molar-refractivity contribution >= 4 is 16.8 Å². The van der Waals surface area contributed by atoms with Gasteiger partial charge in [0.25, 0.3) is 12.3 Å². The quantitative estimate of drug-likeness (QED) is 0.263. The summed E-state index contributed by atoms with van der Waals surface area (Å²) in [5.41, 5.74) is 6.34. The molecule has 9 heteroatoms. The Morgan fingerprint density at radius 1 is 1.03 bits per heavy atom. The summed E-state index contributed by atoms with van der Waals surface area (Å²) < 4.78 is 30.1. The van der Waals surface area contributed by atoms with Gasteiger partial charge in [-0.05, 0) is 22.8 Å². The van der Waals surface area contributed by atoms with E-state index in [-0.39, 0.29) is 17.9 Å². The number of rotatable bonds is 8. The van der Waals surface area contributed by atoms with E-state index >= 15 is 0 Å². The van der Waals surface area contributed by atoms with Crippen LogP contribution >= 0.6 is 0 Å². The van der Waals surface area contributed by atoms with Crippen molar-refractivity contribution in [2.24, 2.45) is 0 Å². The fourth-order valence-electron chi connectivity index (χ4n) is 3.73. The Labute approximate surface area is 194 Å². The van der Waals surface area contributed by atoms with E-state index in [4.69, 9.17) is 4.74 Å². The molecular weight excluding hydrogens is 442 g/mol. The van der Waals surface area contributed by atoms with Crippen LogP contribution < -0.4 is 15.5 Å². The minimum atomic E-state index is -2.38. The lowest BCUT2D eigenvalue weighted by Gasteiger charge is -2.15. The van der Waals surface area contributed by atoms with Gasteiger partial charge in [0.05, 0.1) is 24.7 Å². The number of fused-ring (bicyclic) bond motifs is 1. The number of carbonyl (C=O) groups is 1. The third-order valence-corrected chi connectivity index (χ3v) is 5.35. The first-order valence-corrected chi connectivity index (χ1v) is 10.5. The number of ether oxygens (including phenoxy) is 1. The zero-order valence-electron chi connectivity index (χ0n) is 18.3. The highest BCUT2D eigenvalue weighted by atomic mass is 19.3. The molecule has 0 atom stereocenters. The van der Waals surface area contributed by atoms with Gasteiger partial charge < -0.3 is 10.1 Å². The number of hydroxylamine groups is 1. The Morgan fingerprint density at radius 3 is 2.29 bits per heavy atom. The molecule has 0 saturated carbocycles. The molecule has 2 aromatic carbocycles. The molecule has 0 radical (unpaired) electrons. The Kier molecular flexibility index (Phi) is 7.05. The Balaban J connectivity index is 1.65. The maximum absolute atomic E-state index is 12.4. The first-order chi connectivity index (χ1) is 16.5. The summed E-state index contributed by atoms with van der Waals surface area (Å²) in [4.78, 5) is 21.1. The first-order valence-electron chi connectivity index (χ1n) is 10.5. The van der Waals surface area contributed by atoms with Crippen LogP contribution in [0.5, 0.6) is 5.75 Å². The van der Waals surface area contributed by atoms with Crippen LogP contribution in [0.15, 0.2) is 67.0 Å². The summed E-state index contributed by atoms with van der Waals surface area (Å²) in [5, 5.41) is 12.4. The minimum Gasteiger partial charge on any atom is -0.494 e. The van der Waals surface area contributed by atoms with Crippen LogP contribution in [0.4, 0.5) is 8.78 Å². The van der Waals surface area contributed by atoms with Gasteiger partial charge in [-0.3, -0.25) is 15.0 Å². The van der Waals surface area contributed by atoms with Gasteiger partial charge in [0.15, 0.2) is 5.75 Å². The lowest BCUT2D eigenvalue weighted by atomic mass is 9.99. The van der Waals surface area contributed by atoms with Crippen LogP contribution in [0, 0.1) is 0 Å². The lowest BCUT2D eigenvalue weighted by Crippen LogP contribution is -2.20. The topological polar surface area (TPSA) is 96.4 Å². The highest BCUT2D eigenvalue weighted by Crippen LogP contribution is 2.36. The molecule has 0 spiro atoms. The normalized spacial score (nSPS) is 11.1. The van der Waals surface area contributed by atoms with Gasteiger partial charge in [-0.1, -0.05) is 48.5 Å². The average Bonchev–Trinajstić information content (AvgIpc) is 2.87. The van der Waals surface area contributed by atoms with Gasteiger partial charge in [-0.2, -0.15) is 0 Å². The first kappa shape index (κ1) is 23.2. The van der Waals surface area contributed by atoms with Gasteiger partial charge in [0, 0.05) is 29.9 Å². The maximum atomic E-state index is 12.4. The zero-order chi connectivity index (χ0) is 24.1. The summed E-state index contributed by atoms with van der Waals surface area (Å²) in [6.45, 7) is 0.0317. The number of pyridine rings is 2. The number of amides is 1. The zero-order valence-corrected chi connectivity index (χ0v) is 18.3. The van der Waals surface area contributed by atoms with Crippen LogP contribution in [0.2, 0.25) is 0 Å². The van der Waals surface area contributed by atoms with Gasteiger partial charge in [0.2, 0.25) is 0 Å². The van der Waals surface area contributed by atoms with Crippen molar-refractivity contribution in [2.75, 3.05) is 13.7 Å². The Bertz CT molecular complexity index is 1300. The van der Waals surface area contributed by atoms with Crippen LogP contribution in [0.1, 0.15) is 15.9 Å². The second-order valence-electron chi connectivity index (χ2n) is 7.50. The molecule has 174 valence electrons. The second-order valence-corrected chi connectivity index (χ2v) is 7.50. The fraction of sp³-hybridized carbons (Fsp3) is 0.160. The Morgan fingerprint density at radius 2 is 1.68 bits per heavy atom. The molecular formula is C25H22F2N4O3. The van der Waals surface area contributed by atoms with E-state index in [1.165, 1.54) is 13.3 Å². The number of benzene rings is 2. The van der Waals surface area contributed by atoms with E-state index in [1.807, 2.05) is 48.5 Å². The van der Waals surface area contributed by atoms with E-state index < -0.39 is 12.3 Å². The number of methoxy groups -OCH3 is 1. The molecule has 0 aliphatic heterocycles. The number of nitrogens with one attached hydrogen (secondary N) is 2. The molecule has 4 rings (SSSR count). The second kappa shape index (κ2) is 10.3. The number of carbonyl (C=O) groups excluding carboxylic acids is 1. The van der Waals surface area contributed by atoms with Crippen LogP contribution in [-0.2, 0) is 6.54 Å². The van der Waals surface area contributed by atoms with Gasteiger partial charge in [-0.15, -0.1) is 0 Å². The smallest absolute Gasteiger partial charge is 0.279 e. The van der Waals surface area contributed by atoms with E-state index in [0.717, 1.165) is 22.3 Å². The van der Waals surface area contributed by atoms with Crippen molar-refractivity contribution in [3.05, 3.63) is 78.1 Å². The van der Waals surface area contributed by atoms with Crippen molar-refractivity contribution in [3.8, 4) is 28.1 Å². The van der Waals surface area contributed by atoms with E-state index in [0.29, 0.717) is 23.1 Å². The van der Waals surface area contributed by atoms with Crippen molar-refractivity contribution in [3.63, 3.8) is 0 Å². The molecule has 34 heavy (non-hydrogen) atoms. The predicted molar refractivity (Wildman–Crippen MR) is 124 cm³/mol. The van der Waals surface area contributed by atoms with Crippen molar-refractivity contribution < 1.29 is 23.5 Å². The molecule has 4 aromatic rings. The molecule has 2 aromatic heterocycles. The number of aromatic nitrogens is 2. The fourth-order valence-corrected chi connectivity index (χ4v) is 3.73. The highest BCUT2D eigenvalue weighted by Gasteiger charge is 2.22.